The lowest BCUT2D eigenvalue weighted by Gasteiger charge is -2.29. The largest absolute Gasteiger partial charge is 0.368 e. The minimum absolute atomic E-state index is 0.00117. The molecule has 0 unspecified atom stereocenters. The fraction of sp³-hybridized carbons (Fsp3) is 0.923. The van der Waals surface area contributed by atoms with Crippen molar-refractivity contribution in [2.75, 3.05) is 19.7 Å². The van der Waals surface area contributed by atoms with Gasteiger partial charge in [0.25, 0.3) is 0 Å². The number of rotatable bonds is 7. The Balaban J connectivity index is 2.08. The Morgan fingerprint density at radius 2 is 1.94 bits per heavy atom. The molecule has 1 rings (SSSR count). The summed E-state index contributed by atoms with van der Waals surface area (Å²) >= 11 is 0. The van der Waals surface area contributed by atoms with Gasteiger partial charge in [-0.2, -0.15) is 0 Å². The van der Waals surface area contributed by atoms with Gasteiger partial charge in [0.1, 0.15) is 6.61 Å². The average molecular weight is 242 g/mol. The second kappa shape index (κ2) is 8.48. The van der Waals surface area contributed by atoms with Gasteiger partial charge in [-0.25, -0.2) is 0 Å². The average Bonchev–Trinajstić information content (AvgIpc) is 2.35. The number of ether oxygens (including phenoxy) is 1. The van der Waals surface area contributed by atoms with Gasteiger partial charge < -0.3 is 15.4 Å². The maximum absolute atomic E-state index is 11.2. The van der Waals surface area contributed by atoms with Crippen LogP contribution in [0.25, 0.3) is 0 Å². The molecule has 1 saturated carbocycles. The van der Waals surface area contributed by atoms with Gasteiger partial charge in [0.2, 0.25) is 5.91 Å². The first-order valence-electron chi connectivity index (χ1n) is 6.88. The van der Waals surface area contributed by atoms with Gasteiger partial charge in [-0.3, -0.25) is 4.79 Å². The molecule has 0 aromatic heterocycles. The zero-order valence-corrected chi connectivity index (χ0v) is 11.1. The zero-order valence-electron chi connectivity index (χ0n) is 11.1. The van der Waals surface area contributed by atoms with Crippen molar-refractivity contribution in [3.63, 3.8) is 0 Å². The molecule has 0 aromatic carbocycles. The molecule has 1 amide bonds. The highest BCUT2D eigenvalue weighted by Crippen LogP contribution is 2.21. The van der Waals surface area contributed by atoms with Crippen LogP contribution in [0.3, 0.4) is 0 Å². The molecule has 4 heteroatoms. The number of likely N-dealkylation sites (N-methyl/N-ethyl adjacent to an activating group) is 1. The van der Waals surface area contributed by atoms with Gasteiger partial charge in [-0.1, -0.05) is 6.92 Å². The van der Waals surface area contributed by atoms with Crippen LogP contribution in [0, 0.1) is 0 Å². The first-order chi connectivity index (χ1) is 8.26. The van der Waals surface area contributed by atoms with E-state index in [0.29, 0.717) is 12.6 Å². The molecule has 0 atom stereocenters. The Labute approximate surface area is 104 Å². The quantitative estimate of drug-likeness (QED) is 0.710. The summed E-state index contributed by atoms with van der Waals surface area (Å²) in [6.45, 7) is 6.10. The Morgan fingerprint density at radius 1 is 1.24 bits per heavy atom. The summed E-state index contributed by atoms with van der Waals surface area (Å²) in [6, 6.07) is 0.652. The van der Waals surface area contributed by atoms with Crippen LogP contribution in [0.15, 0.2) is 0 Å². The van der Waals surface area contributed by atoms with Gasteiger partial charge >= 0.3 is 0 Å². The van der Waals surface area contributed by atoms with Crippen LogP contribution in [0.1, 0.15) is 46.0 Å². The molecule has 0 saturated heterocycles. The van der Waals surface area contributed by atoms with Crippen molar-refractivity contribution in [2.24, 2.45) is 0 Å². The maximum atomic E-state index is 11.2. The van der Waals surface area contributed by atoms with Crippen molar-refractivity contribution in [1.29, 1.82) is 0 Å². The molecule has 0 aliphatic heterocycles. The first kappa shape index (κ1) is 14.5. The highest BCUT2D eigenvalue weighted by molar-refractivity contribution is 5.77. The Hall–Kier alpha value is -0.610. The number of hydrogen-bond acceptors (Lipinski definition) is 3. The Kier molecular flexibility index (Phi) is 7.21. The minimum atomic E-state index is -0.00117. The molecule has 0 spiro atoms. The molecular formula is C13H26N2O2. The highest BCUT2D eigenvalue weighted by Gasteiger charge is 2.21. The zero-order chi connectivity index (χ0) is 12.5. The van der Waals surface area contributed by atoms with Crippen molar-refractivity contribution in [1.82, 2.24) is 10.6 Å². The second-order valence-electron chi connectivity index (χ2n) is 4.69. The van der Waals surface area contributed by atoms with E-state index in [1.54, 1.807) is 0 Å². The number of nitrogens with one attached hydrogen (secondary N) is 2. The number of amides is 1. The molecular weight excluding hydrogens is 216 g/mol. The topological polar surface area (TPSA) is 50.4 Å². The molecule has 0 radical (unpaired) electrons. The lowest BCUT2D eigenvalue weighted by Crippen LogP contribution is -2.37. The van der Waals surface area contributed by atoms with Gasteiger partial charge in [0.05, 0.1) is 6.10 Å². The molecule has 1 aliphatic carbocycles. The third-order valence-corrected chi connectivity index (χ3v) is 3.18. The predicted molar refractivity (Wildman–Crippen MR) is 69.0 cm³/mol. The Morgan fingerprint density at radius 3 is 2.53 bits per heavy atom. The molecule has 0 heterocycles. The SMILES string of the molecule is CCCNC1CCC(OCC(=O)NCC)CC1. The fourth-order valence-electron chi connectivity index (χ4n) is 2.22. The summed E-state index contributed by atoms with van der Waals surface area (Å²) in [4.78, 5) is 11.2. The van der Waals surface area contributed by atoms with E-state index in [4.69, 9.17) is 4.74 Å². The van der Waals surface area contributed by atoms with E-state index in [1.807, 2.05) is 6.92 Å². The maximum Gasteiger partial charge on any atom is 0.246 e. The lowest BCUT2D eigenvalue weighted by molar-refractivity contribution is -0.128. The van der Waals surface area contributed by atoms with E-state index >= 15 is 0 Å². The van der Waals surface area contributed by atoms with Crippen molar-refractivity contribution in [3.8, 4) is 0 Å². The van der Waals surface area contributed by atoms with Crippen LogP contribution in [0.4, 0.5) is 0 Å². The first-order valence-corrected chi connectivity index (χ1v) is 6.88. The Bertz CT molecular complexity index is 213. The van der Waals surface area contributed by atoms with E-state index in [0.717, 1.165) is 19.4 Å². The standard InChI is InChI=1S/C13H26N2O2/c1-3-9-15-11-5-7-12(8-6-11)17-10-13(16)14-4-2/h11-12,15H,3-10H2,1-2H3,(H,14,16). The van der Waals surface area contributed by atoms with Crippen LogP contribution in [0.5, 0.6) is 0 Å². The third kappa shape index (κ3) is 6.03. The summed E-state index contributed by atoms with van der Waals surface area (Å²) in [6.07, 6.45) is 5.94. The van der Waals surface area contributed by atoms with Crippen LogP contribution in [0.2, 0.25) is 0 Å². The second-order valence-corrected chi connectivity index (χ2v) is 4.69. The monoisotopic (exact) mass is 242 g/mol. The summed E-state index contributed by atoms with van der Waals surface area (Å²) in [5, 5.41) is 6.29. The number of hydrogen-bond donors (Lipinski definition) is 2. The van der Waals surface area contributed by atoms with Crippen LogP contribution < -0.4 is 10.6 Å². The van der Waals surface area contributed by atoms with Gasteiger partial charge in [0.15, 0.2) is 0 Å². The lowest BCUT2D eigenvalue weighted by atomic mass is 9.93. The van der Waals surface area contributed by atoms with Gasteiger partial charge in [-0.15, -0.1) is 0 Å². The summed E-state index contributed by atoms with van der Waals surface area (Å²) in [5.74, 6) is -0.00117. The number of carbonyl (C=O) groups is 1. The molecule has 17 heavy (non-hydrogen) atoms. The summed E-state index contributed by atoms with van der Waals surface area (Å²) in [7, 11) is 0. The minimum Gasteiger partial charge on any atom is -0.368 e. The third-order valence-electron chi connectivity index (χ3n) is 3.18. The smallest absolute Gasteiger partial charge is 0.246 e. The van der Waals surface area contributed by atoms with Gasteiger partial charge in [-0.05, 0) is 45.6 Å². The normalized spacial score (nSPS) is 24.6. The molecule has 2 N–H and O–H groups in total. The van der Waals surface area contributed by atoms with E-state index in [-0.39, 0.29) is 18.6 Å². The number of carbonyl (C=O) groups excluding carboxylic acids is 1. The van der Waals surface area contributed by atoms with Crippen molar-refractivity contribution < 1.29 is 9.53 Å². The van der Waals surface area contributed by atoms with E-state index in [2.05, 4.69) is 17.6 Å². The van der Waals surface area contributed by atoms with Crippen LogP contribution in [-0.4, -0.2) is 37.7 Å². The molecule has 1 aliphatic rings. The molecule has 0 bridgehead atoms. The van der Waals surface area contributed by atoms with E-state index < -0.39 is 0 Å². The highest BCUT2D eigenvalue weighted by atomic mass is 16.5. The molecule has 100 valence electrons. The fourth-order valence-corrected chi connectivity index (χ4v) is 2.22. The predicted octanol–water partition coefficient (Wildman–Crippen LogP) is 1.45. The van der Waals surface area contributed by atoms with Crippen LogP contribution in [-0.2, 0) is 9.53 Å². The van der Waals surface area contributed by atoms with E-state index in [1.165, 1.54) is 19.3 Å². The molecule has 1 fully saturated rings. The van der Waals surface area contributed by atoms with Crippen LogP contribution >= 0.6 is 0 Å². The van der Waals surface area contributed by atoms with Crippen molar-refractivity contribution >= 4 is 5.91 Å². The van der Waals surface area contributed by atoms with Crippen molar-refractivity contribution in [2.45, 2.75) is 58.1 Å². The van der Waals surface area contributed by atoms with Gasteiger partial charge in [0, 0.05) is 12.6 Å². The van der Waals surface area contributed by atoms with E-state index in [9.17, 15) is 4.79 Å². The van der Waals surface area contributed by atoms with Crippen molar-refractivity contribution in [3.05, 3.63) is 0 Å². The summed E-state index contributed by atoms with van der Waals surface area (Å²) < 4.78 is 5.61. The molecule has 0 aromatic rings. The molecule has 4 nitrogen and oxygen atoms in total. The summed E-state index contributed by atoms with van der Waals surface area (Å²) in [5.41, 5.74) is 0.